The van der Waals surface area contributed by atoms with Crippen molar-refractivity contribution in [3.8, 4) is 45.8 Å². The summed E-state index contributed by atoms with van der Waals surface area (Å²) in [7, 11) is 0. The van der Waals surface area contributed by atoms with E-state index < -0.39 is 0 Å². The third kappa shape index (κ3) is 9.41. The van der Waals surface area contributed by atoms with Crippen LogP contribution in [0.5, 0.6) is 23.3 Å². The van der Waals surface area contributed by atoms with Crippen molar-refractivity contribution in [2.45, 2.75) is 44.7 Å². The minimum atomic E-state index is -0.160. The molecule has 18 nitrogen and oxygen atoms in total. The number of ether oxygens (including phenoxy) is 2. The standard InChI is InChI=1S/C49H44I2N14O4/c1-3-39(66)62-19-7-9-31(24-62)65-49-42(47(53)55-27-57-49)44(61-65)36-15-17-38(59-45(36)51)69-34-22-29(21-30(50)23-34)13-18-40(67)63-20-8-10-32(25-63)64-48-41(46(52)54-26-56-48)43(60-64)35-14-16-37(58-28(35)2)68-33-11-5-4-6-12-33/h3-6,11-18,21-23,26-27,31-32H,1,7-10,19-20,24-25H2,2H3,(H2,52,54,56)(H2,53,55,57)/b18-13+/t31-,32-/m1/s1. The first-order chi connectivity index (χ1) is 33.5. The van der Waals surface area contributed by atoms with Gasteiger partial charge in [-0.1, -0.05) is 24.8 Å². The highest BCUT2D eigenvalue weighted by Gasteiger charge is 2.31. The Morgan fingerprint density at radius 1 is 0.710 bits per heavy atom. The van der Waals surface area contributed by atoms with E-state index in [0.717, 1.165) is 45.9 Å². The highest BCUT2D eigenvalue weighted by atomic mass is 127. The first-order valence-electron chi connectivity index (χ1n) is 22.2. The number of amides is 2. The second-order valence-electron chi connectivity index (χ2n) is 16.7. The van der Waals surface area contributed by atoms with Gasteiger partial charge in [-0.25, -0.2) is 39.3 Å². The van der Waals surface area contributed by atoms with Gasteiger partial charge < -0.3 is 30.7 Å². The van der Waals surface area contributed by atoms with Crippen molar-refractivity contribution in [1.82, 2.24) is 59.3 Å². The van der Waals surface area contributed by atoms with Gasteiger partial charge in [0.15, 0.2) is 11.3 Å². The predicted molar refractivity (Wildman–Crippen MR) is 278 cm³/mol. The van der Waals surface area contributed by atoms with Crippen molar-refractivity contribution in [3.05, 3.63) is 123 Å². The summed E-state index contributed by atoms with van der Waals surface area (Å²) in [5, 5.41) is 11.3. The number of rotatable bonds is 11. The van der Waals surface area contributed by atoms with Crippen molar-refractivity contribution >= 4 is 96.8 Å². The minimum Gasteiger partial charge on any atom is -0.439 e. The van der Waals surface area contributed by atoms with Gasteiger partial charge in [-0.3, -0.25) is 9.59 Å². The highest BCUT2D eigenvalue weighted by molar-refractivity contribution is 14.1. The quantitative estimate of drug-likeness (QED) is 0.0703. The number of hydrogen-bond donors (Lipinski definition) is 2. The van der Waals surface area contributed by atoms with Crippen LogP contribution >= 0.6 is 45.2 Å². The number of aromatic nitrogens is 10. The molecular weight excluding hydrogens is 1100 g/mol. The fourth-order valence-electron chi connectivity index (χ4n) is 8.95. The fraction of sp³-hybridized carbons (Fsp3) is 0.224. The van der Waals surface area contributed by atoms with Gasteiger partial charge in [0.05, 0.1) is 28.6 Å². The number of pyridine rings is 2. The Balaban J connectivity index is 0.844. The van der Waals surface area contributed by atoms with Crippen LogP contribution in [0, 0.1) is 14.2 Å². The van der Waals surface area contributed by atoms with E-state index in [9.17, 15) is 9.59 Å². The number of carbonyl (C=O) groups excluding carboxylic acids is 2. The summed E-state index contributed by atoms with van der Waals surface area (Å²) < 4.78 is 17.6. The number of benzene rings is 2. The summed E-state index contributed by atoms with van der Waals surface area (Å²) in [6.07, 6.45) is 10.8. The molecule has 0 radical (unpaired) electrons. The molecule has 2 aromatic carbocycles. The number of aryl methyl sites for hydroxylation is 1. The Labute approximate surface area is 423 Å². The second kappa shape index (κ2) is 19.5. The van der Waals surface area contributed by atoms with E-state index in [1.807, 2.05) is 81.9 Å². The van der Waals surface area contributed by atoms with Gasteiger partial charge in [0.25, 0.3) is 0 Å². The van der Waals surface area contributed by atoms with Crippen LogP contribution in [0.2, 0.25) is 0 Å². The molecule has 4 N–H and O–H groups in total. The average molecular weight is 1150 g/mol. The zero-order chi connectivity index (χ0) is 47.8. The molecule has 20 heteroatoms. The molecule has 0 unspecified atom stereocenters. The lowest BCUT2D eigenvalue weighted by Gasteiger charge is -2.32. The molecule has 0 bridgehead atoms. The van der Waals surface area contributed by atoms with Gasteiger partial charge in [0.2, 0.25) is 23.6 Å². The van der Waals surface area contributed by atoms with E-state index in [4.69, 9.17) is 41.1 Å². The molecule has 0 spiro atoms. The lowest BCUT2D eigenvalue weighted by atomic mass is 10.1. The Kier molecular flexibility index (Phi) is 12.9. The number of hydrogen-bond acceptors (Lipinski definition) is 14. The van der Waals surface area contributed by atoms with Crippen molar-refractivity contribution in [1.29, 1.82) is 0 Å². The summed E-state index contributed by atoms with van der Waals surface area (Å²) in [6, 6.07) is 22.4. The van der Waals surface area contributed by atoms with Crippen molar-refractivity contribution < 1.29 is 19.1 Å². The van der Waals surface area contributed by atoms with Crippen LogP contribution < -0.4 is 20.9 Å². The molecule has 0 aliphatic carbocycles. The molecule has 2 atom stereocenters. The molecular formula is C49H44I2N14O4. The third-order valence-corrected chi connectivity index (χ3v) is 13.7. The van der Waals surface area contributed by atoms with E-state index >= 15 is 0 Å². The summed E-state index contributed by atoms with van der Waals surface area (Å²) in [5.74, 6) is 2.44. The van der Waals surface area contributed by atoms with Crippen LogP contribution in [-0.2, 0) is 9.59 Å². The van der Waals surface area contributed by atoms with Crippen LogP contribution in [0.3, 0.4) is 0 Å². The Morgan fingerprint density at radius 3 is 1.90 bits per heavy atom. The molecule has 0 saturated carbocycles. The maximum atomic E-state index is 13.9. The summed E-state index contributed by atoms with van der Waals surface area (Å²) in [6.45, 7) is 7.72. The first-order valence-corrected chi connectivity index (χ1v) is 24.4. The Bertz CT molecular complexity index is 3320. The zero-order valence-electron chi connectivity index (χ0n) is 37.2. The first kappa shape index (κ1) is 45.7. The number of anilines is 2. The van der Waals surface area contributed by atoms with Gasteiger partial charge in [0.1, 0.15) is 50.9 Å². The molecule has 69 heavy (non-hydrogen) atoms. The molecule has 2 fully saturated rings. The number of carbonyl (C=O) groups is 2. The number of piperidine rings is 2. The van der Waals surface area contributed by atoms with E-state index in [1.165, 1.54) is 18.7 Å². The van der Waals surface area contributed by atoms with Crippen LogP contribution in [0.25, 0.3) is 50.7 Å². The van der Waals surface area contributed by atoms with Crippen molar-refractivity contribution in [3.63, 3.8) is 0 Å². The number of fused-ring (bicyclic) bond motifs is 2. The molecule has 10 rings (SSSR count). The SMILES string of the molecule is C=CC(=O)N1CCC[C@@H](n2nc(-c3ccc(Oc4cc(I)cc(/C=C/C(=O)N5CCC[C@@H](n6nc(-c7ccc(Oc8ccccc8)nc7C)c7c(N)ncnc76)C5)c4)nc3I)c3c(N)ncnc32)C1. The summed E-state index contributed by atoms with van der Waals surface area (Å²) in [4.78, 5) is 57.3. The monoisotopic (exact) mass is 1150 g/mol. The topological polar surface area (TPSA) is 224 Å². The lowest BCUT2D eigenvalue weighted by molar-refractivity contribution is -0.128. The molecule has 2 saturated heterocycles. The smallest absolute Gasteiger partial charge is 0.246 e. The zero-order valence-corrected chi connectivity index (χ0v) is 41.6. The number of nitrogens with two attached hydrogens (primary N) is 2. The molecule has 2 aliphatic rings. The van der Waals surface area contributed by atoms with Gasteiger partial charge in [0, 0.05) is 59.1 Å². The summed E-state index contributed by atoms with van der Waals surface area (Å²) in [5.41, 5.74) is 18.3. The van der Waals surface area contributed by atoms with E-state index in [-0.39, 0.29) is 23.9 Å². The number of nitrogens with zero attached hydrogens (tertiary/aromatic N) is 12. The van der Waals surface area contributed by atoms with Crippen LogP contribution in [-0.4, -0.2) is 97.3 Å². The molecule has 2 amide bonds. The molecule has 6 aromatic heterocycles. The van der Waals surface area contributed by atoms with Crippen LogP contribution in [0.4, 0.5) is 11.6 Å². The number of nitrogen functional groups attached to an aromatic ring is 2. The normalized spacial score (nSPS) is 16.3. The molecule has 8 heterocycles. The van der Waals surface area contributed by atoms with E-state index in [2.05, 4.69) is 71.7 Å². The van der Waals surface area contributed by atoms with Crippen molar-refractivity contribution in [2.24, 2.45) is 0 Å². The van der Waals surface area contributed by atoms with Gasteiger partial charge in [-0.15, -0.1) is 0 Å². The maximum absolute atomic E-state index is 13.9. The van der Waals surface area contributed by atoms with Crippen LogP contribution in [0.15, 0.2) is 104 Å². The third-order valence-electron chi connectivity index (χ3n) is 12.2. The molecule has 348 valence electrons. The average Bonchev–Trinajstić information content (AvgIpc) is 3.94. The highest BCUT2D eigenvalue weighted by Crippen LogP contribution is 2.38. The number of halogens is 2. The van der Waals surface area contributed by atoms with E-state index in [0.29, 0.717) is 104 Å². The lowest BCUT2D eigenvalue weighted by Crippen LogP contribution is -2.40. The second-order valence-corrected chi connectivity index (χ2v) is 19.0. The number of likely N-dealkylation sites (tertiary alicyclic amines) is 2. The largest absolute Gasteiger partial charge is 0.439 e. The minimum absolute atomic E-state index is 0.107. The van der Waals surface area contributed by atoms with E-state index in [1.54, 1.807) is 29.2 Å². The maximum Gasteiger partial charge on any atom is 0.246 e. The van der Waals surface area contributed by atoms with Gasteiger partial charge >= 0.3 is 0 Å². The number of para-hydroxylation sites is 1. The molecule has 2 aliphatic heterocycles. The summed E-state index contributed by atoms with van der Waals surface area (Å²) >= 11 is 4.40. The molecule has 8 aromatic rings. The van der Waals surface area contributed by atoms with Gasteiger partial charge in [-0.05, 0) is 138 Å². The van der Waals surface area contributed by atoms with Crippen molar-refractivity contribution in [2.75, 3.05) is 37.6 Å². The predicted octanol–water partition coefficient (Wildman–Crippen LogP) is 8.58. The Hall–Kier alpha value is -7.08. The fourth-order valence-corrected chi connectivity index (χ4v) is 10.3. The van der Waals surface area contributed by atoms with Gasteiger partial charge in [-0.2, -0.15) is 10.2 Å². The Morgan fingerprint density at radius 2 is 1.29 bits per heavy atom. The van der Waals surface area contributed by atoms with Crippen LogP contribution in [0.1, 0.15) is 49.0 Å².